The number of nitrogens with one attached hydrogen (secondary N) is 1. The summed E-state index contributed by atoms with van der Waals surface area (Å²) in [6.07, 6.45) is 1.38. The van der Waals surface area contributed by atoms with Crippen LogP contribution in [0, 0.1) is 15.9 Å². The number of halogens is 2. The molecule has 1 aromatic carbocycles. The van der Waals surface area contributed by atoms with Crippen molar-refractivity contribution in [3.05, 3.63) is 32.5 Å². The van der Waals surface area contributed by atoms with Gasteiger partial charge in [0.15, 0.2) is 5.75 Å². The van der Waals surface area contributed by atoms with Crippen molar-refractivity contribution in [2.75, 3.05) is 13.2 Å². The summed E-state index contributed by atoms with van der Waals surface area (Å²) >= 11 is 2.88. The predicted octanol–water partition coefficient (Wildman–Crippen LogP) is 1.99. The number of hydrogen-bond acceptors (Lipinski definition) is 5. The van der Waals surface area contributed by atoms with E-state index < -0.39 is 16.8 Å². The number of benzene rings is 1. The van der Waals surface area contributed by atoms with Crippen LogP contribution in [0.3, 0.4) is 0 Å². The van der Waals surface area contributed by atoms with Crippen molar-refractivity contribution in [3.63, 3.8) is 0 Å². The first-order chi connectivity index (χ1) is 9.47. The Labute approximate surface area is 123 Å². The fourth-order valence-corrected chi connectivity index (χ4v) is 1.94. The van der Waals surface area contributed by atoms with Crippen molar-refractivity contribution in [1.82, 2.24) is 5.32 Å². The van der Waals surface area contributed by atoms with E-state index in [-0.39, 0.29) is 22.5 Å². The molecule has 1 aliphatic carbocycles. The van der Waals surface area contributed by atoms with Gasteiger partial charge in [0.2, 0.25) is 0 Å². The lowest BCUT2D eigenvalue weighted by atomic mass is 10.3. The third-order valence-electron chi connectivity index (χ3n) is 2.85. The second kappa shape index (κ2) is 6.47. The molecule has 1 fully saturated rings. The van der Waals surface area contributed by atoms with Gasteiger partial charge in [0, 0.05) is 24.7 Å². The molecule has 0 spiro atoms. The van der Waals surface area contributed by atoms with Gasteiger partial charge in [-0.25, -0.2) is 4.39 Å². The zero-order valence-corrected chi connectivity index (χ0v) is 12.1. The fourth-order valence-electron chi connectivity index (χ4n) is 1.61. The molecule has 6 nitrogen and oxygen atoms in total. The number of nitro benzene ring substituents is 1. The van der Waals surface area contributed by atoms with E-state index in [2.05, 4.69) is 21.2 Å². The molecular weight excluding hydrogens is 335 g/mol. The van der Waals surface area contributed by atoms with E-state index in [4.69, 9.17) is 4.74 Å². The van der Waals surface area contributed by atoms with E-state index in [0.717, 1.165) is 25.0 Å². The molecule has 0 radical (unpaired) electrons. The van der Waals surface area contributed by atoms with Crippen LogP contribution in [-0.2, 0) is 0 Å². The van der Waals surface area contributed by atoms with Crippen LogP contribution in [0.1, 0.15) is 12.8 Å². The average Bonchev–Trinajstić information content (AvgIpc) is 3.21. The molecule has 0 heterocycles. The lowest BCUT2D eigenvalue weighted by molar-refractivity contribution is -0.386. The Kier molecular flexibility index (Phi) is 4.90. The van der Waals surface area contributed by atoms with Gasteiger partial charge in [-0.3, -0.25) is 10.1 Å². The minimum atomic E-state index is -0.804. The van der Waals surface area contributed by atoms with Crippen LogP contribution in [-0.4, -0.2) is 35.3 Å². The summed E-state index contributed by atoms with van der Waals surface area (Å²) in [6, 6.07) is 2.42. The summed E-state index contributed by atoms with van der Waals surface area (Å²) in [5.41, 5.74) is -0.347. The Bertz CT molecular complexity index is 510. The van der Waals surface area contributed by atoms with Crippen molar-refractivity contribution >= 4 is 21.6 Å². The summed E-state index contributed by atoms with van der Waals surface area (Å²) in [5.74, 6) is -0.850. The van der Waals surface area contributed by atoms with Gasteiger partial charge in [-0.1, -0.05) is 0 Å². The van der Waals surface area contributed by atoms with Crippen molar-refractivity contribution in [2.24, 2.45) is 0 Å². The number of aliphatic hydroxyl groups excluding tert-OH is 1. The van der Waals surface area contributed by atoms with Crippen molar-refractivity contribution in [1.29, 1.82) is 0 Å². The third-order valence-corrected chi connectivity index (χ3v) is 3.46. The molecule has 1 atom stereocenters. The summed E-state index contributed by atoms with van der Waals surface area (Å²) in [6.45, 7) is 0.207. The zero-order valence-electron chi connectivity index (χ0n) is 10.5. The maximum Gasteiger partial charge on any atom is 0.312 e. The number of rotatable bonds is 7. The maximum atomic E-state index is 13.4. The van der Waals surface area contributed by atoms with Crippen molar-refractivity contribution in [2.45, 2.75) is 25.0 Å². The molecule has 0 aromatic heterocycles. The van der Waals surface area contributed by atoms with Crippen LogP contribution in [0.5, 0.6) is 5.75 Å². The van der Waals surface area contributed by atoms with Gasteiger partial charge in [-0.05, 0) is 28.8 Å². The van der Waals surface area contributed by atoms with Crippen molar-refractivity contribution in [3.8, 4) is 5.75 Å². The molecule has 1 aromatic rings. The maximum absolute atomic E-state index is 13.4. The lowest BCUT2D eigenvalue weighted by Crippen LogP contribution is -2.32. The number of nitro groups is 1. The van der Waals surface area contributed by atoms with Gasteiger partial charge < -0.3 is 15.2 Å². The highest BCUT2D eigenvalue weighted by molar-refractivity contribution is 9.10. The van der Waals surface area contributed by atoms with Gasteiger partial charge in [-0.2, -0.15) is 0 Å². The molecule has 0 bridgehead atoms. The molecule has 0 amide bonds. The van der Waals surface area contributed by atoms with E-state index in [1.165, 1.54) is 0 Å². The highest BCUT2D eigenvalue weighted by atomic mass is 79.9. The second-order valence-corrected chi connectivity index (χ2v) is 5.49. The largest absolute Gasteiger partial charge is 0.484 e. The Morgan fingerprint density at radius 1 is 1.60 bits per heavy atom. The van der Waals surface area contributed by atoms with E-state index >= 15 is 0 Å². The summed E-state index contributed by atoms with van der Waals surface area (Å²) in [5, 5.41) is 23.6. The fraction of sp³-hybridized carbons (Fsp3) is 0.500. The van der Waals surface area contributed by atoms with Crippen molar-refractivity contribution < 1.29 is 19.2 Å². The van der Waals surface area contributed by atoms with Crippen LogP contribution in [0.15, 0.2) is 16.6 Å². The van der Waals surface area contributed by atoms with E-state index in [0.29, 0.717) is 12.6 Å². The average molecular weight is 349 g/mol. The second-order valence-electron chi connectivity index (χ2n) is 4.64. The summed E-state index contributed by atoms with van der Waals surface area (Å²) in [7, 11) is 0. The molecule has 0 aliphatic heterocycles. The van der Waals surface area contributed by atoms with Crippen LogP contribution >= 0.6 is 15.9 Å². The molecule has 20 heavy (non-hydrogen) atoms. The number of ether oxygens (including phenoxy) is 1. The van der Waals surface area contributed by atoms with Crippen LogP contribution in [0.2, 0.25) is 0 Å². The monoisotopic (exact) mass is 348 g/mol. The molecule has 1 unspecified atom stereocenters. The normalized spacial score (nSPS) is 15.9. The minimum absolute atomic E-state index is 0.00695. The predicted molar refractivity (Wildman–Crippen MR) is 73.3 cm³/mol. The Hall–Kier alpha value is -1.25. The van der Waals surface area contributed by atoms with Gasteiger partial charge >= 0.3 is 5.69 Å². The van der Waals surface area contributed by atoms with E-state index in [1.54, 1.807) is 0 Å². The molecule has 2 rings (SSSR count). The first kappa shape index (κ1) is 15.1. The highest BCUT2D eigenvalue weighted by Crippen LogP contribution is 2.32. The Morgan fingerprint density at radius 2 is 2.30 bits per heavy atom. The highest BCUT2D eigenvalue weighted by Gasteiger charge is 2.23. The molecule has 1 aliphatic rings. The molecule has 1 saturated carbocycles. The Morgan fingerprint density at radius 3 is 2.90 bits per heavy atom. The van der Waals surface area contributed by atoms with Gasteiger partial charge in [0.05, 0.1) is 9.40 Å². The number of nitrogens with zero attached hydrogens (tertiary/aromatic N) is 1. The van der Waals surface area contributed by atoms with Crippen LogP contribution in [0.25, 0.3) is 0 Å². The quantitative estimate of drug-likeness (QED) is 0.581. The molecule has 0 saturated heterocycles. The molecule has 2 N–H and O–H groups in total. The number of hydrogen-bond donors (Lipinski definition) is 2. The van der Waals surface area contributed by atoms with E-state index in [1.807, 2.05) is 0 Å². The molecule has 8 heteroatoms. The molecular formula is C12H14BrFN2O4. The summed E-state index contributed by atoms with van der Waals surface area (Å²) in [4.78, 5) is 10.2. The standard InChI is InChI=1S/C12H14BrFN2O4/c13-9-3-11(16(18)19)12(4-10(9)14)20-6-8(17)5-15-7-1-2-7/h3-4,7-8,15,17H,1-2,5-6H2. The first-order valence-electron chi connectivity index (χ1n) is 6.15. The van der Waals surface area contributed by atoms with Crippen LogP contribution in [0.4, 0.5) is 10.1 Å². The third kappa shape index (κ3) is 4.12. The minimum Gasteiger partial charge on any atom is -0.484 e. The smallest absolute Gasteiger partial charge is 0.312 e. The number of aliphatic hydroxyl groups is 1. The zero-order chi connectivity index (χ0) is 14.7. The van der Waals surface area contributed by atoms with Gasteiger partial charge in [0.25, 0.3) is 0 Å². The SMILES string of the molecule is O=[N+]([O-])c1cc(Br)c(F)cc1OCC(O)CNC1CC1. The molecule has 110 valence electrons. The van der Waals surface area contributed by atoms with Crippen LogP contribution < -0.4 is 10.1 Å². The summed E-state index contributed by atoms with van der Waals surface area (Å²) < 4.78 is 18.5. The van der Waals surface area contributed by atoms with Gasteiger partial charge in [-0.15, -0.1) is 0 Å². The topological polar surface area (TPSA) is 84.6 Å². The Balaban J connectivity index is 1.96. The van der Waals surface area contributed by atoms with Gasteiger partial charge in [0.1, 0.15) is 18.5 Å². The first-order valence-corrected chi connectivity index (χ1v) is 6.94. The lowest BCUT2D eigenvalue weighted by Gasteiger charge is -2.13. The van der Waals surface area contributed by atoms with E-state index in [9.17, 15) is 19.6 Å².